The van der Waals surface area contributed by atoms with Crippen molar-refractivity contribution in [2.75, 3.05) is 14.1 Å². The van der Waals surface area contributed by atoms with Crippen LogP contribution in [0.25, 0.3) is 0 Å². The summed E-state index contributed by atoms with van der Waals surface area (Å²) in [7, 11) is 3.69. The van der Waals surface area contributed by atoms with Gasteiger partial charge in [0.05, 0.1) is 6.10 Å². The molecule has 4 atom stereocenters. The number of rotatable bonds is 4. The van der Waals surface area contributed by atoms with Crippen molar-refractivity contribution >= 4 is 17.6 Å². The lowest BCUT2D eigenvalue weighted by molar-refractivity contribution is -0.184. The fourth-order valence-corrected chi connectivity index (χ4v) is 3.64. The molecule has 1 aliphatic heterocycles. The second-order valence-corrected chi connectivity index (χ2v) is 7.21. The Morgan fingerprint density at radius 1 is 1.33 bits per heavy atom. The molecule has 1 unspecified atom stereocenters. The summed E-state index contributed by atoms with van der Waals surface area (Å²) in [5, 5.41) is 0.134. The maximum absolute atomic E-state index is 11.7. The first-order chi connectivity index (χ1) is 9.81. The predicted octanol–water partition coefficient (Wildman–Crippen LogP) is 3.36. The smallest absolute Gasteiger partial charge is 0.354 e. The average Bonchev–Trinajstić information content (AvgIpc) is 2.64. The summed E-state index contributed by atoms with van der Waals surface area (Å²) < 4.78 is 11.5. The van der Waals surface area contributed by atoms with Gasteiger partial charge in [0.15, 0.2) is 5.03 Å². The van der Waals surface area contributed by atoms with Crippen molar-refractivity contribution in [2.45, 2.75) is 52.4 Å². The fourth-order valence-electron chi connectivity index (χ4n) is 3.34. The van der Waals surface area contributed by atoms with E-state index in [1.54, 1.807) is 4.90 Å². The summed E-state index contributed by atoms with van der Waals surface area (Å²) >= 11 is 6.05. The minimum absolute atomic E-state index is 0.115. The average molecular weight is 316 g/mol. The predicted molar refractivity (Wildman–Crippen MR) is 82.7 cm³/mol. The third-order valence-corrected chi connectivity index (χ3v) is 4.93. The maximum Gasteiger partial charge on any atom is 0.354 e. The molecule has 5 heteroatoms. The summed E-state index contributed by atoms with van der Waals surface area (Å²) in [6.45, 7) is 6.71. The van der Waals surface area contributed by atoms with Gasteiger partial charge in [0.25, 0.3) is 0 Å². The van der Waals surface area contributed by atoms with Crippen molar-refractivity contribution in [1.82, 2.24) is 4.90 Å². The van der Waals surface area contributed by atoms with Crippen molar-refractivity contribution in [3.05, 3.63) is 10.7 Å². The van der Waals surface area contributed by atoms with Crippen LogP contribution >= 0.6 is 11.6 Å². The van der Waals surface area contributed by atoms with E-state index in [0.717, 1.165) is 6.42 Å². The summed E-state index contributed by atoms with van der Waals surface area (Å²) in [6.07, 6.45) is 2.86. The van der Waals surface area contributed by atoms with E-state index in [1.165, 1.54) is 12.8 Å². The molecular formula is C16H26ClNO3. The first-order valence-corrected chi connectivity index (χ1v) is 8.12. The standard InChI is InChI=1S/C16H26ClNO3/c1-9(2)11-7-6-10(3)8-12(11)20-16-14(18(4)5)13(17)15(19)21-16/h9-12,16H,6-8H2,1-5H3/t10-,11+,12-,16?/m1/s1. The third-order valence-electron chi connectivity index (χ3n) is 4.58. The number of halogens is 1. The van der Waals surface area contributed by atoms with Gasteiger partial charge in [-0.1, -0.05) is 38.8 Å². The Labute approximate surface area is 132 Å². The van der Waals surface area contributed by atoms with Crippen LogP contribution in [0.3, 0.4) is 0 Å². The number of likely N-dealkylation sites (N-methyl/N-ethyl adjacent to an activating group) is 1. The topological polar surface area (TPSA) is 38.8 Å². The molecule has 0 aromatic rings. The number of hydrogen-bond donors (Lipinski definition) is 0. The van der Waals surface area contributed by atoms with Crippen molar-refractivity contribution in [2.24, 2.45) is 17.8 Å². The number of carbonyl (C=O) groups excluding carboxylic acids is 1. The Hall–Kier alpha value is -0.740. The van der Waals surface area contributed by atoms with Crippen molar-refractivity contribution < 1.29 is 14.3 Å². The first-order valence-electron chi connectivity index (χ1n) is 7.74. The minimum atomic E-state index is -0.670. The van der Waals surface area contributed by atoms with E-state index in [-0.39, 0.29) is 11.1 Å². The molecule has 2 aliphatic rings. The Kier molecular flexibility index (Phi) is 5.20. The normalized spacial score (nSPS) is 33.6. The molecule has 4 nitrogen and oxygen atoms in total. The van der Waals surface area contributed by atoms with Crippen LogP contribution in [0.2, 0.25) is 0 Å². The van der Waals surface area contributed by atoms with Crippen LogP contribution in [0, 0.1) is 17.8 Å². The van der Waals surface area contributed by atoms with Gasteiger partial charge in [0.1, 0.15) is 5.70 Å². The van der Waals surface area contributed by atoms with Gasteiger partial charge in [0, 0.05) is 14.1 Å². The van der Waals surface area contributed by atoms with Crippen molar-refractivity contribution in [3.63, 3.8) is 0 Å². The SMILES string of the molecule is CC(C)[C@@H]1CC[C@@H](C)C[C@H]1OC1OC(=O)C(Cl)=C1N(C)C. The van der Waals surface area contributed by atoms with Crippen LogP contribution in [-0.2, 0) is 14.3 Å². The van der Waals surface area contributed by atoms with E-state index in [4.69, 9.17) is 21.1 Å². The highest BCUT2D eigenvalue weighted by atomic mass is 35.5. The molecule has 0 N–H and O–H groups in total. The van der Waals surface area contributed by atoms with E-state index < -0.39 is 12.3 Å². The molecule has 0 aromatic carbocycles. The van der Waals surface area contributed by atoms with Crippen molar-refractivity contribution in [3.8, 4) is 0 Å². The van der Waals surface area contributed by atoms with E-state index in [9.17, 15) is 4.79 Å². The zero-order valence-corrected chi connectivity index (χ0v) is 14.3. The molecule has 120 valence electrons. The van der Waals surface area contributed by atoms with Gasteiger partial charge in [-0.2, -0.15) is 0 Å². The first kappa shape index (κ1) is 16.6. The van der Waals surface area contributed by atoms with Gasteiger partial charge in [-0.15, -0.1) is 0 Å². The van der Waals surface area contributed by atoms with Gasteiger partial charge in [-0.05, 0) is 30.6 Å². The zero-order valence-electron chi connectivity index (χ0n) is 13.6. The van der Waals surface area contributed by atoms with Crippen LogP contribution in [0.5, 0.6) is 0 Å². The Bertz CT molecular complexity index is 433. The van der Waals surface area contributed by atoms with Gasteiger partial charge in [-0.25, -0.2) is 4.79 Å². The lowest BCUT2D eigenvalue weighted by Crippen LogP contribution is -2.39. The second-order valence-electron chi connectivity index (χ2n) is 6.83. The molecule has 0 aromatic heterocycles. The quantitative estimate of drug-likeness (QED) is 0.746. The van der Waals surface area contributed by atoms with Gasteiger partial charge < -0.3 is 14.4 Å². The Morgan fingerprint density at radius 2 is 2.00 bits per heavy atom. The Balaban J connectivity index is 2.13. The molecule has 2 rings (SSSR count). The number of hydrogen-bond acceptors (Lipinski definition) is 4. The molecule has 0 amide bonds. The largest absolute Gasteiger partial charge is 0.425 e. The number of cyclic esters (lactones) is 1. The second kappa shape index (κ2) is 6.57. The molecule has 0 radical (unpaired) electrons. The van der Waals surface area contributed by atoms with E-state index in [0.29, 0.717) is 23.5 Å². The Morgan fingerprint density at radius 3 is 2.57 bits per heavy atom. The highest BCUT2D eigenvalue weighted by molar-refractivity contribution is 6.42. The number of ether oxygens (including phenoxy) is 2. The number of nitrogens with zero attached hydrogens (tertiary/aromatic N) is 1. The molecule has 21 heavy (non-hydrogen) atoms. The minimum Gasteiger partial charge on any atom is -0.425 e. The molecule has 1 aliphatic carbocycles. The van der Waals surface area contributed by atoms with Crippen molar-refractivity contribution in [1.29, 1.82) is 0 Å². The molecule has 0 saturated heterocycles. The molecule has 0 spiro atoms. The summed E-state index contributed by atoms with van der Waals surface area (Å²) in [4.78, 5) is 13.5. The highest BCUT2D eigenvalue weighted by Gasteiger charge is 2.40. The third kappa shape index (κ3) is 3.54. The monoisotopic (exact) mass is 315 g/mol. The summed E-state index contributed by atoms with van der Waals surface area (Å²) in [5.41, 5.74) is 0.627. The zero-order chi connectivity index (χ0) is 15.7. The molecule has 0 bridgehead atoms. The molecular weight excluding hydrogens is 290 g/mol. The van der Waals surface area contributed by atoms with Gasteiger partial charge in [0.2, 0.25) is 6.29 Å². The van der Waals surface area contributed by atoms with Gasteiger partial charge >= 0.3 is 5.97 Å². The number of carbonyl (C=O) groups is 1. The van der Waals surface area contributed by atoms with E-state index >= 15 is 0 Å². The van der Waals surface area contributed by atoms with E-state index in [2.05, 4.69) is 20.8 Å². The van der Waals surface area contributed by atoms with Crippen LogP contribution in [-0.4, -0.2) is 37.4 Å². The van der Waals surface area contributed by atoms with Gasteiger partial charge in [-0.3, -0.25) is 0 Å². The summed E-state index contributed by atoms with van der Waals surface area (Å²) in [6, 6.07) is 0. The van der Waals surface area contributed by atoms with Crippen LogP contribution in [0.4, 0.5) is 0 Å². The van der Waals surface area contributed by atoms with Crippen LogP contribution in [0.15, 0.2) is 10.7 Å². The number of esters is 1. The lowest BCUT2D eigenvalue weighted by atomic mass is 9.75. The highest BCUT2D eigenvalue weighted by Crippen LogP contribution is 2.38. The lowest BCUT2D eigenvalue weighted by Gasteiger charge is -2.38. The van der Waals surface area contributed by atoms with Crippen LogP contribution in [0.1, 0.15) is 40.0 Å². The maximum atomic E-state index is 11.7. The van der Waals surface area contributed by atoms with E-state index in [1.807, 2.05) is 14.1 Å². The molecule has 1 fully saturated rings. The molecule has 1 saturated carbocycles. The fraction of sp³-hybridized carbons (Fsp3) is 0.812. The molecule has 1 heterocycles. The summed E-state index contributed by atoms with van der Waals surface area (Å²) in [5.74, 6) is 1.21. The van der Waals surface area contributed by atoms with Crippen LogP contribution < -0.4 is 0 Å².